The van der Waals surface area contributed by atoms with Crippen molar-refractivity contribution in [1.29, 1.82) is 10.7 Å². The van der Waals surface area contributed by atoms with Crippen LogP contribution in [0.1, 0.15) is 25.0 Å². The van der Waals surface area contributed by atoms with Crippen LogP contribution in [-0.4, -0.2) is 35.1 Å². The van der Waals surface area contributed by atoms with Crippen molar-refractivity contribution in [1.82, 2.24) is 0 Å². The summed E-state index contributed by atoms with van der Waals surface area (Å²) in [4.78, 5) is 21.1. The Labute approximate surface area is 155 Å². The lowest BCUT2D eigenvalue weighted by atomic mass is 10.0. The van der Waals surface area contributed by atoms with Gasteiger partial charge in [-0.25, -0.2) is 0 Å². The molecule has 1 amide bonds. The van der Waals surface area contributed by atoms with Crippen molar-refractivity contribution < 1.29 is 9.21 Å². The fourth-order valence-electron chi connectivity index (χ4n) is 2.71. The predicted octanol–water partition coefficient (Wildman–Crippen LogP) is 2.41. The number of rotatable bonds is 4. The normalized spacial score (nSPS) is 18.9. The number of nitrogen functional groups attached to an aromatic ring is 1. The molecule has 1 atom stereocenters. The second kappa shape index (κ2) is 6.88. The molecule has 0 saturated carbocycles. The van der Waals surface area contributed by atoms with Gasteiger partial charge in [-0.15, -0.1) is 0 Å². The van der Waals surface area contributed by atoms with E-state index in [4.69, 9.17) is 20.8 Å². The third kappa shape index (κ3) is 3.62. The maximum atomic E-state index is 12.6. The smallest absolute Gasteiger partial charge is 0.275 e. The Bertz CT molecular complexity index is 1010. The molecule has 3 rings (SSSR count). The van der Waals surface area contributed by atoms with Gasteiger partial charge in [0.2, 0.25) is 0 Å². The van der Waals surface area contributed by atoms with Gasteiger partial charge >= 0.3 is 0 Å². The number of nitrogens with zero attached hydrogens (tertiary/aromatic N) is 3. The van der Waals surface area contributed by atoms with Gasteiger partial charge in [0.1, 0.15) is 5.71 Å². The molecular formula is C19H18N6O2. The number of amides is 1. The van der Waals surface area contributed by atoms with Gasteiger partial charge in [-0.05, 0) is 38.1 Å². The highest BCUT2D eigenvalue weighted by molar-refractivity contribution is 6.68. The van der Waals surface area contributed by atoms with Gasteiger partial charge in [0.05, 0.1) is 36.6 Å². The molecular weight excluding hydrogens is 344 g/mol. The highest BCUT2D eigenvalue weighted by atomic mass is 16.3. The average Bonchev–Trinajstić information content (AvgIpc) is 3.17. The Balaban J connectivity index is 1.82. The van der Waals surface area contributed by atoms with Crippen LogP contribution in [-0.2, 0) is 4.79 Å². The largest absolute Gasteiger partial charge is 0.472 e. The Hall–Kier alpha value is -3.73. The molecule has 2 aromatic rings. The first kappa shape index (κ1) is 18.1. The number of benzene rings is 1. The number of hydrogen-bond acceptors (Lipinski definition) is 7. The van der Waals surface area contributed by atoms with E-state index in [9.17, 15) is 4.79 Å². The minimum Gasteiger partial charge on any atom is -0.472 e. The average molecular weight is 362 g/mol. The SMILES string of the molecule is CC1=NC(C)(C#N)CN=C1C(=O)Nc1ccc(N)c(C(=N)c2ccoc2)c1. The minimum atomic E-state index is -0.943. The van der Waals surface area contributed by atoms with E-state index < -0.39 is 11.4 Å². The second-order valence-electron chi connectivity index (χ2n) is 6.39. The van der Waals surface area contributed by atoms with Gasteiger partial charge in [0.25, 0.3) is 5.91 Å². The third-order valence-corrected chi connectivity index (χ3v) is 4.15. The van der Waals surface area contributed by atoms with E-state index in [1.54, 1.807) is 38.1 Å². The first-order valence-corrected chi connectivity index (χ1v) is 8.18. The number of nitrogens with two attached hydrogens (primary N) is 1. The molecule has 1 unspecified atom stereocenters. The van der Waals surface area contributed by atoms with Crippen molar-refractivity contribution >= 4 is 34.4 Å². The van der Waals surface area contributed by atoms with Crippen molar-refractivity contribution in [3.63, 3.8) is 0 Å². The van der Waals surface area contributed by atoms with Crippen LogP contribution in [0.25, 0.3) is 0 Å². The summed E-state index contributed by atoms with van der Waals surface area (Å²) < 4.78 is 5.01. The Morgan fingerprint density at radius 2 is 2.22 bits per heavy atom. The van der Waals surface area contributed by atoms with E-state index in [2.05, 4.69) is 21.4 Å². The van der Waals surface area contributed by atoms with Crippen LogP contribution in [0, 0.1) is 16.7 Å². The molecule has 27 heavy (non-hydrogen) atoms. The van der Waals surface area contributed by atoms with Crippen LogP contribution in [0.5, 0.6) is 0 Å². The van der Waals surface area contributed by atoms with Crippen molar-refractivity contribution in [3.8, 4) is 6.07 Å². The van der Waals surface area contributed by atoms with Gasteiger partial charge in [0.15, 0.2) is 5.54 Å². The lowest BCUT2D eigenvalue weighted by molar-refractivity contribution is -0.110. The fourth-order valence-corrected chi connectivity index (χ4v) is 2.71. The number of furan rings is 1. The summed E-state index contributed by atoms with van der Waals surface area (Å²) in [5.74, 6) is -0.429. The number of hydrogen-bond donors (Lipinski definition) is 3. The molecule has 1 aliphatic rings. The molecule has 4 N–H and O–H groups in total. The van der Waals surface area contributed by atoms with E-state index in [1.165, 1.54) is 12.5 Å². The van der Waals surface area contributed by atoms with Gasteiger partial charge in [-0.1, -0.05) is 0 Å². The molecule has 1 aliphatic heterocycles. The zero-order valence-corrected chi connectivity index (χ0v) is 14.9. The summed E-state index contributed by atoms with van der Waals surface area (Å²) >= 11 is 0. The molecule has 1 aromatic heterocycles. The number of aliphatic imine (C=N–C) groups is 2. The van der Waals surface area contributed by atoms with Crippen LogP contribution >= 0.6 is 0 Å². The van der Waals surface area contributed by atoms with Crippen molar-refractivity contribution in [2.75, 3.05) is 17.6 Å². The lowest BCUT2D eigenvalue weighted by Gasteiger charge is -2.21. The number of nitrogens with one attached hydrogen (secondary N) is 2. The van der Waals surface area contributed by atoms with Crippen LogP contribution in [0.2, 0.25) is 0 Å². The van der Waals surface area contributed by atoms with E-state index >= 15 is 0 Å². The highest BCUT2D eigenvalue weighted by Gasteiger charge is 2.30. The van der Waals surface area contributed by atoms with E-state index in [0.717, 1.165) is 0 Å². The molecule has 0 saturated heterocycles. The number of nitriles is 1. The molecule has 0 fully saturated rings. The highest BCUT2D eigenvalue weighted by Crippen LogP contribution is 2.22. The van der Waals surface area contributed by atoms with Crippen molar-refractivity contribution in [2.24, 2.45) is 9.98 Å². The van der Waals surface area contributed by atoms with Crippen LogP contribution in [0.15, 0.2) is 51.2 Å². The lowest BCUT2D eigenvalue weighted by Crippen LogP contribution is -2.38. The molecule has 136 valence electrons. The Morgan fingerprint density at radius 1 is 1.44 bits per heavy atom. The third-order valence-electron chi connectivity index (χ3n) is 4.15. The molecule has 1 aromatic carbocycles. The van der Waals surface area contributed by atoms with E-state index in [1.807, 2.05) is 0 Å². The zero-order chi connectivity index (χ0) is 19.6. The van der Waals surface area contributed by atoms with Crippen LogP contribution < -0.4 is 11.1 Å². The number of anilines is 2. The first-order chi connectivity index (χ1) is 12.8. The minimum absolute atomic E-state index is 0.127. The summed E-state index contributed by atoms with van der Waals surface area (Å²) in [7, 11) is 0. The van der Waals surface area contributed by atoms with Crippen molar-refractivity contribution in [3.05, 3.63) is 47.9 Å². The maximum absolute atomic E-state index is 12.6. The Morgan fingerprint density at radius 3 is 2.85 bits per heavy atom. The fraction of sp³-hybridized carbons (Fsp3) is 0.211. The first-order valence-electron chi connectivity index (χ1n) is 8.18. The quantitative estimate of drug-likeness (QED) is 0.567. The molecule has 8 heteroatoms. The van der Waals surface area contributed by atoms with Gasteiger partial charge < -0.3 is 15.5 Å². The summed E-state index contributed by atoms with van der Waals surface area (Å²) in [6.07, 6.45) is 2.93. The van der Waals surface area contributed by atoms with Gasteiger partial charge in [0, 0.05) is 22.5 Å². The molecule has 0 aliphatic carbocycles. The van der Waals surface area contributed by atoms with E-state index in [-0.39, 0.29) is 18.0 Å². The summed E-state index contributed by atoms with van der Waals surface area (Å²) in [6, 6.07) is 8.64. The zero-order valence-electron chi connectivity index (χ0n) is 14.9. The predicted molar refractivity (Wildman–Crippen MR) is 104 cm³/mol. The monoisotopic (exact) mass is 362 g/mol. The number of carbonyl (C=O) groups is 1. The summed E-state index contributed by atoms with van der Waals surface area (Å²) in [5, 5.41) is 20.2. The summed E-state index contributed by atoms with van der Waals surface area (Å²) in [6.45, 7) is 3.44. The van der Waals surface area contributed by atoms with Crippen molar-refractivity contribution in [2.45, 2.75) is 19.4 Å². The van der Waals surface area contributed by atoms with Gasteiger partial charge in [-0.2, -0.15) is 5.26 Å². The molecule has 0 bridgehead atoms. The molecule has 8 nitrogen and oxygen atoms in total. The maximum Gasteiger partial charge on any atom is 0.275 e. The Kier molecular flexibility index (Phi) is 4.60. The second-order valence-corrected chi connectivity index (χ2v) is 6.39. The molecule has 0 spiro atoms. The molecule has 0 radical (unpaired) electrons. The summed E-state index contributed by atoms with van der Waals surface area (Å²) in [5.41, 5.74) is 7.77. The molecule has 2 heterocycles. The van der Waals surface area contributed by atoms with Gasteiger partial charge in [-0.3, -0.25) is 20.2 Å². The topological polar surface area (TPSA) is 141 Å². The van der Waals surface area contributed by atoms with E-state index in [0.29, 0.717) is 28.2 Å². The van der Waals surface area contributed by atoms with Crippen LogP contribution in [0.4, 0.5) is 11.4 Å². The number of carbonyl (C=O) groups excluding carboxylic acids is 1. The standard InChI is InChI=1S/C19H18N6O2/c1-11-17(23-10-19(2,9-20)25-11)18(26)24-13-3-4-15(21)14(7-13)16(22)12-5-6-27-8-12/h3-8,22H,10,21H2,1-2H3,(H,24,26). The van der Waals surface area contributed by atoms with Crippen LogP contribution in [0.3, 0.4) is 0 Å².